The molecule has 1 saturated heterocycles. The van der Waals surface area contributed by atoms with E-state index in [0.717, 1.165) is 13.1 Å². The number of nitrogens with zero attached hydrogens (tertiary/aromatic N) is 1. The van der Waals surface area contributed by atoms with Gasteiger partial charge in [0.25, 0.3) is 0 Å². The van der Waals surface area contributed by atoms with Crippen molar-refractivity contribution in [2.24, 2.45) is 0 Å². The van der Waals surface area contributed by atoms with E-state index in [0.29, 0.717) is 6.54 Å². The van der Waals surface area contributed by atoms with E-state index in [2.05, 4.69) is 9.62 Å². The number of phenols is 1. The van der Waals surface area contributed by atoms with Crippen LogP contribution in [-0.4, -0.2) is 44.1 Å². The predicted octanol–water partition coefficient (Wildman–Crippen LogP) is 1.54. The van der Waals surface area contributed by atoms with Crippen molar-refractivity contribution < 1.29 is 13.5 Å². The van der Waals surface area contributed by atoms with Crippen molar-refractivity contribution in [2.45, 2.75) is 37.1 Å². The van der Waals surface area contributed by atoms with Crippen LogP contribution in [0.25, 0.3) is 0 Å². The Balaban J connectivity index is 1.99. The monoisotopic (exact) mass is 298 g/mol. The molecule has 1 aliphatic rings. The van der Waals surface area contributed by atoms with E-state index in [1.165, 1.54) is 31.4 Å². The summed E-state index contributed by atoms with van der Waals surface area (Å²) in [5, 5.41) is 9.65. The second-order valence-electron chi connectivity index (χ2n) is 5.35. The number of hydrogen-bond acceptors (Lipinski definition) is 4. The van der Waals surface area contributed by atoms with Gasteiger partial charge in [-0.25, -0.2) is 13.1 Å². The highest BCUT2D eigenvalue weighted by Crippen LogP contribution is 2.21. The fourth-order valence-electron chi connectivity index (χ4n) is 2.58. The van der Waals surface area contributed by atoms with Gasteiger partial charge in [-0.3, -0.25) is 0 Å². The summed E-state index contributed by atoms with van der Waals surface area (Å²) in [5.41, 5.74) is 0. The minimum absolute atomic E-state index is 0.0644. The molecule has 1 fully saturated rings. The fourth-order valence-corrected chi connectivity index (χ4v) is 3.91. The lowest BCUT2D eigenvalue weighted by molar-refractivity contribution is 0.215. The number of nitrogens with one attached hydrogen (secondary N) is 1. The highest BCUT2D eigenvalue weighted by molar-refractivity contribution is 7.89. The highest BCUT2D eigenvalue weighted by atomic mass is 32.2. The van der Waals surface area contributed by atoms with Crippen molar-refractivity contribution >= 4 is 10.0 Å². The molecule has 0 amide bonds. The molecule has 112 valence electrons. The smallest absolute Gasteiger partial charge is 0.244 e. The minimum Gasteiger partial charge on any atom is -0.507 e. The molecule has 0 radical (unpaired) electrons. The Bertz CT molecular complexity index is 539. The summed E-state index contributed by atoms with van der Waals surface area (Å²) >= 11 is 0. The molecule has 0 aromatic heterocycles. The van der Waals surface area contributed by atoms with Gasteiger partial charge < -0.3 is 10.0 Å². The minimum atomic E-state index is -3.67. The molecular formula is C14H22N2O3S. The lowest BCUT2D eigenvalue weighted by Gasteiger charge is -2.29. The molecule has 6 heteroatoms. The van der Waals surface area contributed by atoms with Crippen LogP contribution < -0.4 is 4.72 Å². The number of rotatable bonds is 5. The van der Waals surface area contributed by atoms with E-state index in [1.807, 2.05) is 6.92 Å². The van der Waals surface area contributed by atoms with Crippen LogP contribution in [0, 0.1) is 0 Å². The lowest BCUT2D eigenvalue weighted by atomic mass is 10.1. The number of sulfonamides is 1. The molecule has 1 unspecified atom stereocenters. The zero-order valence-electron chi connectivity index (χ0n) is 11.7. The number of benzene rings is 1. The maximum atomic E-state index is 12.2. The Labute approximate surface area is 120 Å². The largest absolute Gasteiger partial charge is 0.507 e. The Morgan fingerprint density at radius 1 is 1.25 bits per heavy atom. The Hall–Kier alpha value is -1.11. The molecule has 1 atom stereocenters. The van der Waals surface area contributed by atoms with Gasteiger partial charge in [0.05, 0.1) is 0 Å². The van der Waals surface area contributed by atoms with Crippen LogP contribution in [-0.2, 0) is 10.0 Å². The summed E-state index contributed by atoms with van der Waals surface area (Å²) in [6, 6.07) is 5.81. The van der Waals surface area contributed by atoms with Gasteiger partial charge in [-0.2, -0.15) is 0 Å². The summed E-state index contributed by atoms with van der Waals surface area (Å²) in [6.45, 7) is 4.62. The summed E-state index contributed by atoms with van der Waals surface area (Å²) in [4.78, 5) is 2.21. The highest BCUT2D eigenvalue weighted by Gasteiger charge is 2.22. The van der Waals surface area contributed by atoms with Gasteiger partial charge in [0.2, 0.25) is 10.0 Å². The second-order valence-corrected chi connectivity index (χ2v) is 7.03. The molecular weight excluding hydrogens is 276 g/mol. The second kappa shape index (κ2) is 6.56. The normalized spacial score (nSPS) is 18.9. The van der Waals surface area contributed by atoms with Crippen molar-refractivity contribution in [1.29, 1.82) is 0 Å². The van der Waals surface area contributed by atoms with Crippen LogP contribution in [0.4, 0.5) is 0 Å². The third kappa shape index (κ3) is 3.94. The Morgan fingerprint density at radius 2 is 1.90 bits per heavy atom. The number of hydrogen-bond donors (Lipinski definition) is 2. The molecule has 0 bridgehead atoms. The zero-order valence-corrected chi connectivity index (χ0v) is 12.6. The van der Waals surface area contributed by atoms with Crippen LogP contribution in [0.3, 0.4) is 0 Å². The molecule has 1 aliphatic heterocycles. The van der Waals surface area contributed by atoms with Gasteiger partial charge in [0.1, 0.15) is 10.6 Å². The van der Waals surface area contributed by atoms with Gasteiger partial charge in [-0.1, -0.05) is 18.6 Å². The molecule has 2 rings (SSSR count). The van der Waals surface area contributed by atoms with E-state index >= 15 is 0 Å². The average Bonchev–Trinajstić information content (AvgIpc) is 2.39. The quantitative estimate of drug-likeness (QED) is 0.865. The third-order valence-electron chi connectivity index (χ3n) is 3.49. The van der Waals surface area contributed by atoms with Gasteiger partial charge >= 0.3 is 0 Å². The van der Waals surface area contributed by atoms with E-state index in [4.69, 9.17) is 0 Å². The topological polar surface area (TPSA) is 69.6 Å². The van der Waals surface area contributed by atoms with Crippen LogP contribution in [0.15, 0.2) is 29.2 Å². The molecule has 0 spiro atoms. The first-order valence-corrected chi connectivity index (χ1v) is 8.50. The van der Waals surface area contributed by atoms with Crippen LogP contribution in [0.5, 0.6) is 5.75 Å². The molecule has 0 saturated carbocycles. The van der Waals surface area contributed by atoms with Gasteiger partial charge in [0.15, 0.2) is 0 Å². The van der Waals surface area contributed by atoms with Crippen molar-refractivity contribution in [3.8, 4) is 5.75 Å². The molecule has 1 heterocycles. The van der Waals surface area contributed by atoms with Crippen molar-refractivity contribution in [3.63, 3.8) is 0 Å². The van der Waals surface area contributed by atoms with E-state index in [-0.39, 0.29) is 16.7 Å². The third-order valence-corrected chi connectivity index (χ3v) is 5.13. The number of piperidine rings is 1. The van der Waals surface area contributed by atoms with E-state index in [1.54, 1.807) is 12.1 Å². The first-order valence-electron chi connectivity index (χ1n) is 7.02. The van der Waals surface area contributed by atoms with Crippen LogP contribution in [0.1, 0.15) is 26.2 Å². The number of para-hydroxylation sites is 1. The number of phenolic OH excluding ortho intramolecular Hbond substituents is 1. The van der Waals surface area contributed by atoms with Crippen molar-refractivity contribution in [1.82, 2.24) is 9.62 Å². The van der Waals surface area contributed by atoms with Gasteiger partial charge in [0, 0.05) is 12.6 Å². The molecule has 5 nitrogen and oxygen atoms in total. The summed E-state index contributed by atoms with van der Waals surface area (Å²) in [5.74, 6) is -0.217. The van der Waals surface area contributed by atoms with E-state index < -0.39 is 10.0 Å². The first-order chi connectivity index (χ1) is 9.49. The lowest BCUT2D eigenvalue weighted by Crippen LogP contribution is -2.43. The number of likely N-dealkylation sites (tertiary alicyclic amines) is 1. The predicted molar refractivity (Wildman–Crippen MR) is 78.2 cm³/mol. The van der Waals surface area contributed by atoms with Crippen LogP contribution >= 0.6 is 0 Å². The Morgan fingerprint density at radius 3 is 2.55 bits per heavy atom. The molecule has 0 aliphatic carbocycles. The zero-order chi connectivity index (χ0) is 14.6. The van der Waals surface area contributed by atoms with Crippen LogP contribution in [0.2, 0.25) is 0 Å². The molecule has 1 aromatic carbocycles. The Kier molecular flexibility index (Phi) is 5.01. The maximum absolute atomic E-state index is 12.2. The van der Waals surface area contributed by atoms with E-state index in [9.17, 15) is 13.5 Å². The molecule has 1 aromatic rings. The number of aromatic hydroxyl groups is 1. The SMILES string of the molecule is CC(CN1CCCCC1)NS(=O)(=O)c1ccccc1O. The first kappa shape index (κ1) is 15.3. The van der Waals surface area contributed by atoms with Gasteiger partial charge in [-0.05, 0) is 45.0 Å². The van der Waals surface area contributed by atoms with Gasteiger partial charge in [-0.15, -0.1) is 0 Å². The maximum Gasteiger partial charge on any atom is 0.244 e. The summed E-state index contributed by atoms with van der Waals surface area (Å²) in [7, 11) is -3.67. The summed E-state index contributed by atoms with van der Waals surface area (Å²) < 4.78 is 27.1. The van der Waals surface area contributed by atoms with Crippen molar-refractivity contribution in [3.05, 3.63) is 24.3 Å². The average molecular weight is 298 g/mol. The fraction of sp³-hybridized carbons (Fsp3) is 0.571. The summed E-state index contributed by atoms with van der Waals surface area (Å²) in [6.07, 6.45) is 3.62. The van der Waals surface area contributed by atoms with Crippen molar-refractivity contribution in [2.75, 3.05) is 19.6 Å². The standard InChI is InChI=1S/C14H22N2O3S/c1-12(11-16-9-5-2-6-10-16)15-20(18,19)14-8-4-3-7-13(14)17/h3-4,7-8,12,15,17H,2,5-6,9-11H2,1H3. The molecule has 2 N–H and O–H groups in total. The molecule has 20 heavy (non-hydrogen) atoms.